The van der Waals surface area contributed by atoms with Gasteiger partial charge in [0.2, 0.25) is 10.0 Å². The summed E-state index contributed by atoms with van der Waals surface area (Å²) in [6.07, 6.45) is -4.90. The molecule has 0 aliphatic carbocycles. The molecule has 0 saturated heterocycles. The molecule has 0 aliphatic rings. The predicted molar refractivity (Wildman–Crippen MR) is 98.8 cm³/mol. The van der Waals surface area contributed by atoms with Gasteiger partial charge in [-0.25, -0.2) is 17.8 Å². The van der Waals surface area contributed by atoms with E-state index in [1.807, 2.05) is 0 Å². The van der Waals surface area contributed by atoms with Gasteiger partial charge in [0.05, 0.1) is 15.1 Å². The van der Waals surface area contributed by atoms with Crippen LogP contribution in [0.4, 0.5) is 22.7 Å². The molecule has 28 heavy (non-hydrogen) atoms. The number of anilines is 1. The van der Waals surface area contributed by atoms with Gasteiger partial charge in [0.15, 0.2) is 5.13 Å². The average molecular weight is 433 g/mol. The summed E-state index contributed by atoms with van der Waals surface area (Å²) in [4.78, 5) is 3.70. The largest absolute Gasteiger partial charge is 0.409 e. The quantitative estimate of drug-likeness (QED) is 0.608. The van der Waals surface area contributed by atoms with Crippen molar-refractivity contribution in [1.82, 2.24) is 9.29 Å². The Morgan fingerprint density at radius 3 is 2.39 bits per heavy atom. The molecule has 0 unspecified atom stereocenters. The first-order chi connectivity index (χ1) is 13.0. The van der Waals surface area contributed by atoms with Crippen LogP contribution in [0.3, 0.4) is 0 Å². The minimum Gasteiger partial charge on any atom is -0.375 e. The second-order valence-electron chi connectivity index (χ2n) is 5.89. The van der Waals surface area contributed by atoms with Gasteiger partial charge in [-0.05, 0) is 35.9 Å². The fourth-order valence-corrected chi connectivity index (χ4v) is 5.36. The van der Waals surface area contributed by atoms with Crippen LogP contribution in [0.1, 0.15) is 18.5 Å². The number of nitrogen functional groups attached to an aromatic ring is 1. The van der Waals surface area contributed by atoms with Gasteiger partial charge in [-0.3, -0.25) is 0 Å². The van der Waals surface area contributed by atoms with Crippen molar-refractivity contribution in [3.05, 3.63) is 53.8 Å². The van der Waals surface area contributed by atoms with Crippen molar-refractivity contribution in [2.45, 2.75) is 24.0 Å². The topological polar surface area (TPSA) is 76.3 Å². The van der Waals surface area contributed by atoms with Crippen LogP contribution in [0.15, 0.2) is 47.4 Å². The molecule has 0 saturated carbocycles. The van der Waals surface area contributed by atoms with E-state index in [2.05, 4.69) is 4.98 Å². The second kappa shape index (κ2) is 7.30. The lowest BCUT2D eigenvalue weighted by Crippen LogP contribution is -2.42. The zero-order valence-electron chi connectivity index (χ0n) is 14.4. The number of halogens is 4. The lowest BCUT2D eigenvalue weighted by atomic mass is 10.1. The first-order valence-electron chi connectivity index (χ1n) is 8.04. The molecule has 0 radical (unpaired) electrons. The molecular weight excluding hydrogens is 418 g/mol. The number of nitrogens with zero attached hydrogens (tertiary/aromatic N) is 2. The molecule has 150 valence electrons. The number of sulfonamides is 1. The summed E-state index contributed by atoms with van der Waals surface area (Å²) in [5.41, 5.74) is 5.68. The van der Waals surface area contributed by atoms with Crippen molar-refractivity contribution in [3.8, 4) is 0 Å². The Balaban J connectivity index is 2.12. The number of fused-ring (bicyclic) bond motifs is 1. The van der Waals surface area contributed by atoms with E-state index in [1.165, 1.54) is 25.1 Å². The molecule has 3 rings (SSSR count). The van der Waals surface area contributed by atoms with E-state index in [0.29, 0.717) is 14.5 Å². The van der Waals surface area contributed by atoms with Gasteiger partial charge in [0.1, 0.15) is 11.9 Å². The van der Waals surface area contributed by atoms with Gasteiger partial charge in [-0.1, -0.05) is 30.4 Å². The fraction of sp³-hybridized carbons (Fsp3) is 0.235. The maximum atomic E-state index is 13.8. The summed E-state index contributed by atoms with van der Waals surface area (Å²) >= 11 is 1.03. The highest BCUT2D eigenvalue weighted by molar-refractivity contribution is 7.89. The summed E-state index contributed by atoms with van der Waals surface area (Å²) in [5.74, 6) is -0.719. The molecule has 5 nitrogen and oxygen atoms in total. The highest BCUT2D eigenvalue weighted by Crippen LogP contribution is 2.41. The maximum Gasteiger partial charge on any atom is 0.409 e. The Bertz CT molecular complexity index is 1100. The van der Waals surface area contributed by atoms with E-state index < -0.39 is 34.6 Å². The van der Waals surface area contributed by atoms with Crippen molar-refractivity contribution in [3.63, 3.8) is 0 Å². The molecular formula is C17H15F4N3O2S2. The van der Waals surface area contributed by atoms with Crippen molar-refractivity contribution < 1.29 is 26.0 Å². The highest BCUT2D eigenvalue weighted by Gasteiger charge is 2.48. The molecule has 2 aromatic carbocycles. The fourth-order valence-electron chi connectivity index (χ4n) is 2.87. The van der Waals surface area contributed by atoms with Crippen LogP contribution in [0.5, 0.6) is 0 Å². The van der Waals surface area contributed by atoms with Gasteiger partial charge in [0, 0.05) is 6.54 Å². The van der Waals surface area contributed by atoms with Crippen LogP contribution in [-0.2, 0) is 10.0 Å². The van der Waals surface area contributed by atoms with Gasteiger partial charge in [-0.2, -0.15) is 17.5 Å². The number of nitrogens with two attached hydrogens (primary N) is 1. The molecule has 1 aromatic heterocycles. The molecule has 0 spiro atoms. The summed E-state index contributed by atoms with van der Waals surface area (Å²) < 4.78 is 81.5. The molecule has 0 bridgehead atoms. The molecule has 0 amide bonds. The number of hydrogen-bond donors (Lipinski definition) is 1. The first kappa shape index (κ1) is 20.5. The summed E-state index contributed by atoms with van der Waals surface area (Å²) in [6, 6.07) is 4.96. The van der Waals surface area contributed by atoms with E-state index in [-0.39, 0.29) is 15.6 Å². The van der Waals surface area contributed by atoms with Crippen LogP contribution in [-0.4, -0.2) is 30.4 Å². The predicted octanol–water partition coefficient (Wildman–Crippen LogP) is 4.33. The first-order valence-corrected chi connectivity index (χ1v) is 10.3. The summed E-state index contributed by atoms with van der Waals surface area (Å²) in [6.45, 7) is 0.871. The molecule has 3 aromatic rings. The Labute approximate surface area is 162 Å². The standard InChI is InChI=1S/C17H15F4N3O2S2/c1-2-24(15(17(19,20)21)10-3-5-11(18)6-4-10)28(25,26)12-7-8-13-14(9-12)27-16(22)23-13/h3-9,15H,2H2,1H3,(H2,22,23)/t15-/m1/s1. The molecule has 1 atom stereocenters. The van der Waals surface area contributed by atoms with Crippen LogP contribution >= 0.6 is 11.3 Å². The average Bonchev–Trinajstić information content (AvgIpc) is 2.98. The Kier molecular flexibility index (Phi) is 5.34. The highest BCUT2D eigenvalue weighted by atomic mass is 32.2. The van der Waals surface area contributed by atoms with Gasteiger partial charge in [0.25, 0.3) is 0 Å². The minimum atomic E-state index is -4.90. The van der Waals surface area contributed by atoms with Gasteiger partial charge in [-0.15, -0.1) is 0 Å². The third kappa shape index (κ3) is 3.82. The molecule has 0 aliphatic heterocycles. The van der Waals surface area contributed by atoms with E-state index in [1.54, 1.807) is 0 Å². The van der Waals surface area contributed by atoms with Crippen LogP contribution in [0.2, 0.25) is 0 Å². The van der Waals surface area contributed by atoms with E-state index in [9.17, 15) is 26.0 Å². The molecule has 0 fully saturated rings. The van der Waals surface area contributed by atoms with E-state index in [4.69, 9.17) is 5.73 Å². The smallest absolute Gasteiger partial charge is 0.375 e. The Morgan fingerprint density at radius 2 is 1.82 bits per heavy atom. The van der Waals surface area contributed by atoms with Gasteiger partial charge >= 0.3 is 6.18 Å². The molecule has 1 heterocycles. The van der Waals surface area contributed by atoms with Crippen LogP contribution < -0.4 is 5.73 Å². The van der Waals surface area contributed by atoms with Crippen LogP contribution in [0, 0.1) is 5.82 Å². The Morgan fingerprint density at radius 1 is 1.18 bits per heavy atom. The van der Waals surface area contributed by atoms with Gasteiger partial charge < -0.3 is 5.73 Å². The molecule has 11 heteroatoms. The minimum absolute atomic E-state index is 0.219. The second-order valence-corrected chi connectivity index (χ2v) is 8.84. The third-order valence-corrected chi connectivity index (χ3v) is 6.86. The van der Waals surface area contributed by atoms with E-state index >= 15 is 0 Å². The van der Waals surface area contributed by atoms with Crippen molar-refractivity contribution in [1.29, 1.82) is 0 Å². The number of aromatic nitrogens is 1. The summed E-state index contributed by atoms with van der Waals surface area (Å²) in [5, 5.41) is 0.219. The number of thiazole rings is 1. The monoisotopic (exact) mass is 433 g/mol. The lowest BCUT2D eigenvalue weighted by Gasteiger charge is -2.31. The number of alkyl halides is 3. The van der Waals surface area contributed by atoms with Crippen LogP contribution in [0.25, 0.3) is 10.2 Å². The van der Waals surface area contributed by atoms with Crippen molar-refractivity contribution in [2.24, 2.45) is 0 Å². The normalized spacial score (nSPS) is 13.9. The maximum absolute atomic E-state index is 13.8. The Hall–Kier alpha value is -2.24. The zero-order chi connectivity index (χ0) is 20.7. The molecule has 2 N–H and O–H groups in total. The van der Waals surface area contributed by atoms with Crippen molar-refractivity contribution in [2.75, 3.05) is 12.3 Å². The third-order valence-electron chi connectivity index (χ3n) is 4.08. The van der Waals surface area contributed by atoms with E-state index in [0.717, 1.165) is 35.6 Å². The number of rotatable bonds is 5. The summed E-state index contributed by atoms with van der Waals surface area (Å²) in [7, 11) is -4.52. The van der Waals surface area contributed by atoms with Crippen molar-refractivity contribution >= 4 is 36.7 Å². The zero-order valence-corrected chi connectivity index (χ0v) is 16.1. The number of hydrogen-bond acceptors (Lipinski definition) is 5. The lowest BCUT2D eigenvalue weighted by molar-refractivity contribution is -0.173. The number of benzene rings is 2. The SMILES string of the molecule is CCN([C@H](c1ccc(F)cc1)C(F)(F)F)S(=O)(=O)c1ccc2nc(N)sc2c1.